The van der Waals surface area contributed by atoms with Crippen LogP contribution in [0.2, 0.25) is 6.04 Å². The van der Waals surface area contributed by atoms with E-state index in [4.69, 9.17) is 32.2 Å². The fraction of sp³-hybridized carbons (Fsp3) is 1.00. The van der Waals surface area contributed by atoms with Crippen LogP contribution in [-0.4, -0.2) is 86.4 Å². The minimum atomic E-state index is -2.39. The number of epoxide rings is 1. The molecule has 1 saturated heterocycles. The fourth-order valence-electron chi connectivity index (χ4n) is 1.42. The quantitative estimate of drug-likeness (QED) is 0.219. The van der Waals surface area contributed by atoms with Gasteiger partial charge in [0.2, 0.25) is 0 Å². The normalized spacial score (nSPS) is 17.7. The smallest absolute Gasteiger partial charge is 0.379 e. The van der Waals surface area contributed by atoms with Gasteiger partial charge in [0.25, 0.3) is 0 Å². The lowest BCUT2D eigenvalue weighted by molar-refractivity contribution is -0.0411. The molecule has 0 aromatic rings. The van der Waals surface area contributed by atoms with Crippen LogP contribution in [0, 0.1) is 0 Å². The van der Waals surface area contributed by atoms with Crippen LogP contribution < -0.4 is 0 Å². The molecule has 21 heavy (non-hydrogen) atoms. The van der Waals surface area contributed by atoms with Crippen molar-refractivity contribution in [2.75, 3.05) is 55.4 Å². The fourth-order valence-corrected chi connectivity index (χ4v) is 3.11. The average Bonchev–Trinajstić information content (AvgIpc) is 3.35. The number of hydrogen-bond acceptors (Lipinski definition) is 7. The molecule has 9 heteroatoms. The van der Waals surface area contributed by atoms with E-state index >= 15 is 0 Å². The van der Waals surface area contributed by atoms with E-state index in [9.17, 15) is 0 Å². The largest absolute Gasteiger partial charge is 0.500 e. The third kappa shape index (κ3) is 10.5. The van der Waals surface area contributed by atoms with Crippen molar-refractivity contribution in [2.24, 2.45) is 0 Å². The topological polar surface area (TPSA) is 67.9 Å². The van der Waals surface area contributed by atoms with E-state index in [1.807, 2.05) is 0 Å². The molecule has 1 atom stereocenters. The Hall–Kier alpha value is 0.154. The minimum absolute atomic E-state index is 0.0741. The molecule has 0 N–H and O–H groups in total. The Labute approximate surface area is 131 Å². The lowest BCUT2D eigenvalue weighted by atomic mass is 10.5. The van der Waals surface area contributed by atoms with E-state index in [1.54, 1.807) is 35.5 Å². The van der Waals surface area contributed by atoms with Crippen molar-refractivity contribution in [3.8, 4) is 0 Å². The molecule has 1 rings (SSSR count). The van der Waals surface area contributed by atoms with Gasteiger partial charge in [0.05, 0.1) is 23.5 Å². The van der Waals surface area contributed by atoms with Crippen molar-refractivity contribution in [1.29, 1.82) is 0 Å². The average molecular weight is 343 g/mol. The second kappa shape index (κ2) is 12.7. The molecule has 1 aliphatic rings. The summed E-state index contributed by atoms with van der Waals surface area (Å²) in [6.45, 7) is 2.24. The van der Waals surface area contributed by atoms with Gasteiger partial charge in [-0.3, -0.25) is 0 Å². The van der Waals surface area contributed by atoms with Gasteiger partial charge in [-0.25, -0.2) is 0 Å². The van der Waals surface area contributed by atoms with Crippen LogP contribution in [0.3, 0.4) is 0 Å². The molecule has 1 unspecified atom stereocenters. The van der Waals surface area contributed by atoms with Gasteiger partial charge in [-0.2, -0.15) is 0 Å². The number of hydrogen-bond donors (Lipinski definition) is 0. The summed E-state index contributed by atoms with van der Waals surface area (Å²) in [4.78, 5) is 0. The second-order valence-electron chi connectivity index (χ2n) is 4.47. The molecule has 1 fully saturated rings. The highest BCUT2D eigenvalue weighted by atomic mass is 28.4. The molecule has 0 aromatic heterocycles. The SMILES string of the molecule is COC([SiH3])OC.CO[Si](CCCOCC1CO1)(OC)OC. The highest BCUT2D eigenvalue weighted by Crippen LogP contribution is 2.15. The zero-order valence-corrected chi connectivity index (χ0v) is 17.0. The lowest BCUT2D eigenvalue weighted by Crippen LogP contribution is -2.42. The maximum absolute atomic E-state index is 5.42. The summed E-state index contributed by atoms with van der Waals surface area (Å²) in [6.07, 6.45) is 1.22. The Kier molecular flexibility index (Phi) is 12.8. The summed E-state index contributed by atoms with van der Waals surface area (Å²) in [7, 11) is 6.71. The first kappa shape index (κ1) is 21.2. The van der Waals surface area contributed by atoms with E-state index in [0.717, 1.165) is 29.3 Å². The van der Waals surface area contributed by atoms with Crippen LogP contribution in [0.5, 0.6) is 0 Å². The van der Waals surface area contributed by atoms with E-state index in [-0.39, 0.29) is 5.91 Å². The van der Waals surface area contributed by atoms with Crippen LogP contribution >= 0.6 is 0 Å². The molecule has 0 spiro atoms. The van der Waals surface area contributed by atoms with E-state index < -0.39 is 8.80 Å². The molecule has 128 valence electrons. The third-order valence-corrected chi connectivity index (χ3v) is 6.85. The predicted octanol–water partition coefficient (Wildman–Crippen LogP) is -0.402. The number of rotatable bonds is 11. The zero-order chi connectivity index (χ0) is 16.1. The van der Waals surface area contributed by atoms with Gasteiger partial charge in [0.1, 0.15) is 12.0 Å². The third-order valence-electron chi connectivity index (χ3n) is 3.07. The van der Waals surface area contributed by atoms with E-state index in [0.29, 0.717) is 19.3 Å². The Bertz CT molecular complexity index is 225. The molecule has 0 amide bonds. The van der Waals surface area contributed by atoms with Crippen molar-refractivity contribution < 1.29 is 32.2 Å². The van der Waals surface area contributed by atoms with Gasteiger partial charge < -0.3 is 32.2 Å². The molecule has 1 heterocycles. The standard InChI is InChI=1S/C9H20O5Si.C3H10O2Si/c1-10-15(11-2,12-3)6-4-5-13-7-9-8-14-9;1-4-3(6)5-2/h9H,4-8H2,1-3H3;3H,1-2,6H3. The van der Waals surface area contributed by atoms with Gasteiger partial charge in [-0.1, -0.05) is 0 Å². The van der Waals surface area contributed by atoms with Crippen LogP contribution in [0.1, 0.15) is 6.42 Å². The second-order valence-corrected chi connectivity index (χ2v) is 8.50. The van der Waals surface area contributed by atoms with Crippen molar-refractivity contribution in [2.45, 2.75) is 24.5 Å². The van der Waals surface area contributed by atoms with Crippen molar-refractivity contribution in [3.05, 3.63) is 0 Å². The highest BCUT2D eigenvalue weighted by molar-refractivity contribution is 6.60. The van der Waals surface area contributed by atoms with Crippen LogP contribution in [-0.2, 0) is 32.2 Å². The molecule has 0 bridgehead atoms. The molecule has 0 radical (unpaired) electrons. The van der Waals surface area contributed by atoms with Crippen molar-refractivity contribution >= 4 is 19.0 Å². The summed E-state index contributed by atoms with van der Waals surface area (Å²) < 4.78 is 35.8. The minimum Gasteiger partial charge on any atom is -0.379 e. The van der Waals surface area contributed by atoms with Crippen molar-refractivity contribution in [1.82, 2.24) is 0 Å². The van der Waals surface area contributed by atoms with Gasteiger partial charge in [0.15, 0.2) is 0 Å². The summed E-state index contributed by atoms with van der Waals surface area (Å²) >= 11 is 0. The summed E-state index contributed by atoms with van der Waals surface area (Å²) in [5, 5.41) is 0. The Morgan fingerprint density at radius 1 is 1.10 bits per heavy atom. The molecular weight excluding hydrogens is 312 g/mol. The van der Waals surface area contributed by atoms with Crippen molar-refractivity contribution in [3.63, 3.8) is 0 Å². The maximum Gasteiger partial charge on any atom is 0.500 e. The summed E-state index contributed by atoms with van der Waals surface area (Å²) in [5.74, 6) is 0.0741. The highest BCUT2D eigenvalue weighted by Gasteiger charge is 2.36. The van der Waals surface area contributed by atoms with Gasteiger partial charge in [-0.05, 0) is 6.42 Å². The molecule has 0 aliphatic carbocycles. The van der Waals surface area contributed by atoms with Crippen LogP contribution in [0.4, 0.5) is 0 Å². The Balaban J connectivity index is 0.000000567. The predicted molar refractivity (Wildman–Crippen MR) is 84.5 cm³/mol. The first-order chi connectivity index (χ1) is 10.1. The molecule has 1 aliphatic heterocycles. The molecule has 0 saturated carbocycles. The lowest BCUT2D eigenvalue weighted by Gasteiger charge is -2.24. The number of ether oxygens (including phenoxy) is 4. The maximum atomic E-state index is 5.42. The van der Waals surface area contributed by atoms with E-state index in [2.05, 4.69) is 0 Å². The van der Waals surface area contributed by atoms with Gasteiger partial charge in [0, 0.05) is 48.2 Å². The molecule has 0 aromatic carbocycles. The summed E-state index contributed by atoms with van der Waals surface area (Å²) in [5.41, 5.74) is 0. The van der Waals surface area contributed by atoms with Gasteiger partial charge in [-0.15, -0.1) is 0 Å². The van der Waals surface area contributed by atoms with E-state index in [1.165, 1.54) is 0 Å². The van der Waals surface area contributed by atoms with Crippen LogP contribution in [0.15, 0.2) is 0 Å². The Morgan fingerprint density at radius 3 is 1.95 bits per heavy atom. The zero-order valence-electron chi connectivity index (χ0n) is 14.0. The van der Waals surface area contributed by atoms with Crippen LogP contribution in [0.25, 0.3) is 0 Å². The summed E-state index contributed by atoms with van der Waals surface area (Å²) in [6, 6.07) is 0.780. The van der Waals surface area contributed by atoms with Gasteiger partial charge >= 0.3 is 8.80 Å². The molecular formula is C12H30O7Si2. The monoisotopic (exact) mass is 342 g/mol. The first-order valence-corrected chi connectivity index (χ1v) is 10.1. The first-order valence-electron chi connectivity index (χ1n) is 6.97. The molecule has 7 nitrogen and oxygen atoms in total. The Morgan fingerprint density at radius 2 is 1.62 bits per heavy atom. The number of methoxy groups -OCH3 is 2.